The zero-order valence-corrected chi connectivity index (χ0v) is 25.3. The van der Waals surface area contributed by atoms with Crippen molar-refractivity contribution in [1.82, 2.24) is 10.5 Å². The van der Waals surface area contributed by atoms with Crippen molar-refractivity contribution in [2.75, 3.05) is 6.54 Å². The molecule has 9 unspecified atom stereocenters. The van der Waals surface area contributed by atoms with E-state index in [9.17, 15) is 14.9 Å². The Hall–Kier alpha value is -2.26. The summed E-state index contributed by atoms with van der Waals surface area (Å²) in [6.45, 7) is 15.1. The van der Waals surface area contributed by atoms with Gasteiger partial charge in [-0.15, -0.1) is 0 Å². The van der Waals surface area contributed by atoms with Crippen LogP contribution in [0.5, 0.6) is 0 Å². The molecule has 40 heavy (non-hydrogen) atoms. The fourth-order valence-corrected chi connectivity index (χ4v) is 10.9. The number of aromatic nitrogens is 1. The predicted octanol–water partition coefficient (Wildman–Crippen LogP) is 6.59. The predicted molar refractivity (Wildman–Crippen MR) is 153 cm³/mol. The fourth-order valence-electron chi connectivity index (χ4n) is 10.9. The van der Waals surface area contributed by atoms with Gasteiger partial charge in [0.2, 0.25) is 0 Å². The van der Waals surface area contributed by atoms with E-state index in [4.69, 9.17) is 4.52 Å². The number of aryl methyl sites for hydroxylation is 1. The van der Waals surface area contributed by atoms with Crippen LogP contribution in [0.25, 0.3) is 0 Å². The Labute approximate surface area is 239 Å². The Morgan fingerprint density at radius 3 is 2.52 bits per heavy atom. The summed E-state index contributed by atoms with van der Waals surface area (Å²) < 4.78 is 5.28. The van der Waals surface area contributed by atoms with Crippen molar-refractivity contribution >= 4 is 11.6 Å². The highest BCUT2D eigenvalue weighted by Gasteiger charge is 2.66. The van der Waals surface area contributed by atoms with Gasteiger partial charge < -0.3 is 9.84 Å². The molecule has 5 aliphatic carbocycles. The molecule has 4 fully saturated rings. The number of carbonyl (C=O) groups excluding carboxylic acids is 2. The molecule has 0 amide bonds. The van der Waals surface area contributed by atoms with Crippen LogP contribution in [0.2, 0.25) is 0 Å². The van der Waals surface area contributed by atoms with E-state index >= 15 is 0 Å². The maximum Gasteiger partial charge on any atom is 0.176 e. The molecule has 0 saturated heterocycles. The van der Waals surface area contributed by atoms with E-state index in [0.717, 1.165) is 50.1 Å². The summed E-state index contributed by atoms with van der Waals surface area (Å²) in [5, 5.41) is 17.7. The number of rotatable bonds is 4. The summed E-state index contributed by atoms with van der Waals surface area (Å²) in [4.78, 5) is 27.4. The number of nitrogens with zero attached hydrogens (tertiary/aromatic N) is 2. The van der Waals surface area contributed by atoms with Gasteiger partial charge in [-0.2, -0.15) is 5.26 Å². The monoisotopic (exact) mass is 545 g/mol. The zero-order valence-electron chi connectivity index (χ0n) is 25.3. The van der Waals surface area contributed by atoms with Gasteiger partial charge in [-0.3, -0.25) is 9.59 Å². The smallest absolute Gasteiger partial charge is 0.176 e. The van der Waals surface area contributed by atoms with Gasteiger partial charge in [0.15, 0.2) is 5.78 Å². The molecule has 5 aliphatic rings. The average molecular weight is 546 g/mol. The van der Waals surface area contributed by atoms with Crippen molar-refractivity contribution in [3.8, 4) is 6.07 Å². The number of fused-ring (bicyclic) bond motifs is 7. The summed E-state index contributed by atoms with van der Waals surface area (Å²) in [6.07, 6.45) is 10.4. The first-order valence-electron chi connectivity index (χ1n) is 15.7. The van der Waals surface area contributed by atoms with Gasteiger partial charge in [-0.05, 0) is 97.2 Å². The van der Waals surface area contributed by atoms with E-state index in [1.54, 1.807) is 0 Å². The Morgan fingerprint density at radius 1 is 1.07 bits per heavy atom. The van der Waals surface area contributed by atoms with Crippen LogP contribution in [0.1, 0.15) is 97.4 Å². The van der Waals surface area contributed by atoms with E-state index < -0.39 is 0 Å². The topological polar surface area (TPSA) is 96.0 Å². The first-order chi connectivity index (χ1) is 18.8. The molecule has 6 rings (SSSR count). The minimum atomic E-state index is -0.288. The average Bonchev–Trinajstić information content (AvgIpc) is 3.32. The number of nitrogens with one attached hydrogen (secondary N) is 1. The largest absolute Gasteiger partial charge is 0.361 e. The van der Waals surface area contributed by atoms with Gasteiger partial charge in [0.05, 0.1) is 11.3 Å². The molecule has 216 valence electrons. The SMILES string of the molecule is Cc1cc(CNCC23CCC4C(C(=O)CC5C6(C)C=C(C#N)C(=O)C(C)C6CCC45C)C2CC(C)(C)CC3)no1. The molecule has 1 aromatic heterocycles. The van der Waals surface area contributed by atoms with E-state index in [-0.39, 0.29) is 51.1 Å². The second-order valence-electron chi connectivity index (χ2n) is 15.6. The molecule has 9 atom stereocenters. The number of hydrogen-bond acceptors (Lipinski definition) is 6. The van der Waals surface area contributed by atoms with E-state index in [0.29, 0.717) is 36.2 Å². The minimum Gasteiger partial charge on any atom is -0.361 e. The van der Waals surface area contributed by atoms with Crippen LogP contribution >= 0.6 is 0 Å². The summed E-state index contributed by atoms with van der Waals surface area (Å²) in [7, 11) is 0. The Kier molecular flexibility index (Phi) is 6.54. The maximum atomic E-state index is 14.5. The molecule has 1 heterocycles. The summed E-state index contributed by atoms with van der Waals surface area (Å²) >= 11 is 0. The van der Waals surface area contributed by atoms with Crippen molar-refractivity contribution in [2.45, 2.75) is 99.5 Å². The molecule has 1 aromatic rings. The van der Waals surface area contributed by atoms with Crippen LogP contribution in [0.3, 0.4) is 0 Å². The third-order valence-electron chi connectivity index (χ3n) is 13.0. The molecular formula is C34H47N3O3. The van der Waals surface area contributed by atoms with Crippen LogP contribution in [-0.2, 0) is 16.1 Å². The summed E-state index contributed by atoms with van der Waals surface area (Å²) in [5.74, 6) is 2.37. The first-order valence-corrected chi connectivity index (χ1v) is 15.7. The highest BCUT2D eigenvalue weighted by atomic mass is 16.5. The number of Topliss-reactive ketones (excluding diaryl/α,β-unsaturated/α-hetero) is 2. The maximum absolute atomic E-state index is 14.5. The number of carbonyl (C=O) groups is 2. The van der Waals surface area contributed by atoms with Gasteiger partial charge in [-0.1, -0.05) is 45.9 Å². The molecular weight excluding hydrogens is 498 g/mol. The van der Waals surface area contributed by atoms with Crippen molar-refractivity contribution in [1.29, 1.82) is 5.26 Å². The zero-order chi connectivity index (χ0) is 28.7. The van der Waals surface area contributed by atoms with Gasteiger partial charge in [-0.25, -0.2) is 0 Å². The van der Waals surface area contributed by atoms with Crippen molar-refractivity contribution in [3.05, 3.63) is 29.2 Å². The Balaban J connectivity index is 1.32. The molecule has 0 aliphatic heterocycles. The molecule has 0 aromatic carbocycles. The van der Waals surface area contributed by atoms with Gasteiger partial charge >= 0.3 is 0 Å². The van der Waals surface area contributed by atoms with Crippen molar-refractivity contribution in [2.24, 2.45) is 57.2 Å². The second kappa shape index (κ2) is 9.38. The number of hydrogen-bond donors (Lipinski definition) is 1. The van der Waals surface area contributed by atoms with E-state index in [1.165, 1.54) is 12.8 Å². The number of ketones is 2. The first kappa shape index (κ1) is 27.9. The lowest BCUT2D eigenvalue weighted by Gasteiger charge is -2.67. The van der Waals surface area contributed by atoms with Crippen LogP contribution < -0.4 is 5.32 Å². The minimum absolute atomic E-state index is 0.00578. The highest BCUT2D eigenvalue weighted by Crippen LogP contribution is 2.70. The van der Waals surface area contributed by atoms with Crippen molar-refractivity contribution < 1.29 is 14.1 Å². The van der Waals surface area contributed by atoms with Crippen LogP contribution in [0.15, 0.2) is 22.2 Å². The molecule has 6 nitrogen and oxygen atoms in total. The molecule has 0 bridgehead atoms. The van der Waals surface area contributed by atoms with Crippen LogP contribution in [0, 0.1) is 75.4 Å². The van der Waals surface area contributed by atoms with Gasteiger partial charge in [0.25, 0.3) is 0 Å². The molecule has 6 heteroatoms. The number of allylic oxidation sites excluding steroid dienone is 2. The van der Waals surface area contributed by atoms with Gasteiger partial charge in [0.1, 0.15) is 17.6 Å². The molecule has 4 saturated carbocycles. The Morgan fingerprint density at radius 2 is 1.82 bits per heavy atom. The van der Waals surface area contributed by atoms with Crippen LogP contribution in [-0.4, -0.2) is 23.3 Å². The van der Waals surface area contributed by atoms with Crippen LogP contribution in [0.4, 0.5) is 0 Å². The molecule has 0 spiro atoms. The molecule has 0 radical (unpaired) electrons. The highest BCUT2D eigenvalue weighted by molar-refractivity contribution is 6.01. The summed E-state index contributed by atoms with van der Waals surface area (Å²) in [5.41, 5.74) is 1.38. The normalized spacial score (nSPS) is 44.0. The summed E-state index contributed by atoms with van der Waals surface area (Å²) in [6, 6.07) is 4.21. The fraction of sp³-hybridized carbons (Fsp3) is 0.765. The molecule has 1 N–H and O–H groups in total. The van der Waals surface area contributed by atoms with Gasteiger partial charge in [0, 0.05) is 37.4 Å². The van der Waals surface area contributed by atoms with Crippen molar-refractivity contribution in [3.63, 3.8) is 0 Å². The standard InChI is InChI=1S/C34H47N3O3/c1-20-13-23(37-40-20)18-36-19-34-10-8-25-29(26(34)16-31(3,4)11-12-34)27(38)14-28-32(25,5)9-7-24-21(2)30(39)22(17-35)15-33(24,28)6/h13,15,21,24-26,28-29,36H,7-12,14,16,18-19H2,1-6H3. The quantitative estimate of drug-likeness (QED) is 0.458. The third kappa shape index (κ3) is 4.09. The lowest BCUT2D eigenvalue weighted by atomic mass is 9.36. The Bertz CT molecular complexity index is 1290. The van der Waals surface area contributed by atoms with E-state index in [2.05, 4.69) is 44.2 Å². The number of nitriles is 1. The van der Waals surface area contributed by atoms with E-state index in [1.807, 2.05) is 26.0 Å². The lowest BCUT2D eigenvalue weighted by molar-refractivity contribution is -0.185. The second-order valence-corrected chi connectivity index (χ2v) is 15.6. The third-order valence-corrected chi connectivity index (χ3v) is 13.0. The lowest BCUT2D eigenvalue weighted by Crippen LogP contribution is -2.64.